The number of carbonyl (C=O) groups is 1. The Kier molecular flexibility index (Phi) is 8.33. The summed E-state index contributed by atoms with van der Waals surface area (Å²) in [6.07, 6.45) is 5.11. The molecule has 5 heteroatoms. The molecule has 0 unspecified atom stereocenters. The van der Waals surface area contributed by atoms with Crippen LogP contribution in [-0.4, -0.2) is 30.6 Å². The number of hydrogen-bond donors (Lipinski definition) is 0. The first kappa shape index (κ1) is 18.0. The lowest BCUT2D eigenvalue weighted by molar-refractivity contribution is -0.143. The van der Waals surface area contributed by atoms with Crippen LogP contribution in [0.5, 0.6) is 0 Å². The minimum atomic E-state index is -0.257. The lowest BCUT2D eigenvalue weighted by Gasteiger charge is -2.17. The topological polar surface area (TPSA) is 77.1 Å². The number of esters is 1. The summed E-state index contributed by atoms with van der Waals surface area (Å²) in [6.45, 7) is 3.54. The molecular formula is C18H19N3O2. The van der Waals surface area contributed by atoms with Gasteiger partial charge in [0.1, 0.15) is 24.3 Å². The molecule has 0 aliphatic rings. The summed E-state index contributed by atoms with van der Waals surface area (Å²) in [6, 6.07) is 13.0. The van der Waals surface area contributed by atoms with E-state index in [1.54, 1.807) is 24.4 Å². The maximum Gasteiger partial charge on any atom is 0.310 e. The van der Waals surface area contributed by atoms with Gasteiger partial charge in [-0.1, -0.05) is 30.3 Å². The molecule has 118 valence electrons. The summed E-state index contributed by atoms with van der Waals surface area (Å²) in [4.78, 5) is 13.7. The molecule has 1 rings (SSSR count). The summed E-state index contributed by atoms with van der Waals surface area (Å²) >= 11 is 0. The third kappa shape index (κ3) is 7.50. The first-order valence-corrected chi connectivity index (χ1v) is 7.32. The number of ether oxygens (including phenoxy) is 1. The first-order chi connectivity index (χ1) is 11.2. The van der Waals surface area contributed by atoms with Crippen LogP contribution in [-0.2, 0) is 16.0 Å². The van der Waals surface area contributed by atoms with Crippen LogP contribution < -0.4 is 0 Å². The second-order valence-electron chi connectivity index (χ2n) is 4.66. The molecule has 1 aromatic rings. The minimum absolute atomic E-state index is 0.0478. The average molecular weight is 309 g/mol. The second kappa shape index (κ2) is 10.6. The van der Waals surface area contributed by atoms with E-state index in [-0.39, 0.29) is 24.6 Å². The maximum atomic E-state index is 11.7. The van der Waals surface area contributed by atoms with Crippen molar-refractivity contribution in [2.24, 2.45) is 0 Å². The highest BCUT2D eigenvalue weighted by atomic mass is 16.5. The zero-order valence-electron chi connectivity index (χ0n) is 13.1. The van der Waals surface area contributed by atoms with Gasteiger partial charge in [0, 0.05) is 6.54 Å². The predicted molar refractivity (Wildman–Crippen MR) is 86.8 cm³/mol. The lowest BCUT2D eigenvalue weighted by Crippen LogP contribution is -2.23. The van der Waals surface area contributed by atoms with E-state index < -0.39 is 0 Å². The van der Waals surface area contributed by atoms with Crippen molar-refractivity contribution < 1.29 is 9.53 Å². The molecule has 1 aromatic carbocycles. The summed E-state index contributed by atoms with van der Waals surface area (Å²) in [7, 11) is 0. The highest BCUT2D eigenvalue weighted by Gasteiger charge is 2.05. The van der Waals surface area contributed by atoms with E-state index in [0.29, 0.717) is 6.54 Å². The van der Waals surface area contributed by atoms with Crippen molar-refractivity contribution in [1.82, 2.24) is 4.90 Å². The van der Waals surface area contributed by atoms with Gasteiger partial charge in [-0.15, -0.1) is 0 Å². The van der Waals surface area contributed by atoms with Crippen molar-refractivity contribution in [3.63, 3.8) is 0 Å². The van der Waals surface area contributed by atoms with Crippen LogP contribution in [0.3, 0.4) is 0 Å². The summed E-state index contributed by atoms with van der Waals surface area (Å²) in [5.74, 6) is -0.257. The Morgan fingerprint density at radius 1 is 1.26 bits per heavy atom. The monoisotopic (exact) mass is 309 g/mol. The molecule has 23 heavy (non-hydrogen) atoms. The molecule has 0 aliphatic carbocycles. The minimum Gasteiger partial charge on any atom is -0.464 e. The van der Waals surface area contributed by atoms with Crippen molar-refractivity contribution in [1.29, 1.82) is 10.5 Å². The van der Waals surface area contributed by atoms with Crippen LogP contribution in [0, 0.1) is 22.7 Å². The number of nitrogens with zero attached hydrogens (tertiary/aromatic N) is 3. The quantitative estimate of drug-likeness (QED) is 0.419. The van der Waals surface area contributed by atoms with Gasteiger partial charge in [-0.05, 0) is 30.8 Å². The van der Waals surface area contributed by atoms with Gasteiger partial charge in [-0.25, -0.2) is 0 Å². The molecule has 0 radical (unpaired) electrons. The van der Waals surface area contributed by atoms with E-state index in [9.17, 15) is 4.79 Å². The number of rotatable bonds is 8. The molecule has 0 fully saturated rings. The van der Waals surface area contributed by atoms with Gasteiger partial charge < -0.3 is 9.64 Å². The van der Waals surface area contributed by atoms with Crippen LogP contribution >= 0.6 is 0 Å². The fourth-order valence-corrected chi connectivity index (χ4v) is 1.79. The van der Waals surface area contributed by atoms with Crippen molar-refractivity contribution in [3.05, 3.63) is 59.8 Å². The van der Waals surface area contributed by atoms with Gasteiger partial charge in [0.05, 0.1) is 13.0 Å². The predicted octanol–water partition coefficient (Wildman–Crippen LogP) is 2.58. The number of benzene rings is 1. The van der Waals surface area contributed by atoms with Crippen LogP contribution in [0.2, 0.25) is 0 Å². The van der Waals surface area contributed by atoms with E-state index in [2.05, 4.69) is 0 Å². The zero-order valence-corrected chi connectivity index (χ0v) is 13.1. The Morgan fingerprint density at radius 2 is 1.96 bits per heavy atom. The van der Waals surface area contributed by atoms with Crippen LogP contribution in [0.1, 0.15) is 12.5 Å². The van der Waals surface area contributed by atoms with Gasteiger partial charge in [0.2, 0.25) is 0 Å². The number of hydrogen-bond acceptors (Lipinski definition) is 5. The van der Waals surface area contributed by atoms with Gasteiger partial charge in [0.15, 0.2) is 0 Å². The molecule has 0 bridgehead atoms. The number of nitriles is 2. The molecule has 0 aromatic heterocycles. The second-order valence-corrected chi connectivity index (χ2v) is 4.66. The Labute approximate surface area is 136 Å². The molecule has 0 saturated heterocycles. The normalized spacial score (nSPS) is 9.70. The van der Waals surface area contributed by atoms with E-state index in [4.69, 9.17) is 15.3 Å². The molecule has 0 N–H and O–H groups in total. The van der Waals surface area contributed by atoms with Crippen LogP contribution in [0.15, 0.2) is 54.3 Å². The summed E-state index contributed by atoms with van der Waals surface area (Å²) < 4.78 is 5.21. The van der Waals surface area contributed by atoms with E-state index in [1.165, 1.54) is 6.08 Å². The van der Waals surface area contributed by atoms with E-state index >= 15 is 0 Å². The number of carbonyl (C=O) groups excluding carboxylic acids is 1. The largest absolute Gasteiger partial charge is 0.464 e. The first-order valence-electron chi connectivity index (χ1n) is 7.32. The fourth-order valence-electron chi connectivity index (χ4n) is 1.79. The Balaban J connectivity index is 2.36. The average Bonchev–Trinajstić information content (AvgIpc) is 2.58. The summed E-state index contributed by atoms with van der Waals surface area (Å²) in [5, 5.41) is 17.3. The Bertz CT molecular complexity index is 620. The van der Waals surface area contributed by atoms with Gasteiger partial charge in [-0.3, -0.25) is 4.79 Å². The SMILES string of the molecule is CCN(C=CC=C(C#N)C#N)CCOC(=O)Cc1ccccc1. The fraction of sp³-hybridized carbons (Fsp3) is 0.278. The van der Waals surface area contributed by atoms with E-state index in [1.807, 2.05) is 42.2 Å². The van der Waals surface area contributed by atoms with Crippen molar-refractivity contribution in [3.8, 4) is 12.1 Å². The summed E-state index contributed by atoms with van der Waals surface area (Å²) in [5.41, 5.74) is 0.974. The van der Waals surface area contributed by atoms with Crippen molar-refractivity contribution >= 4 is 5.97 Å². The molecule has 0 atom stereocenters. The molecular weight excluding hydrogens is 290 g/mol. The smallest absolute Gasteiger partial charge is 0.310 e. The van der Waals surface area contributed by atoms with Gasteiger partial charge in [0.25, 0.3) is 0 Å². The lowest BCUT2D eigenvalue weighted by atomic mass is 10.2. The molecule has 0 saturated carbocycles. The van der Waals surface area contributed by atoms with E-state index in [0.717, 1.165) is 12.1 Å². The standard InChI is InChI=1S/C18H19N3O2/c1-2-21(10-6-9-17(14-19)15-20)11-12-23-18(22)13-16-7-4-3-5-8-16/h3-10H,2,11-13H2,1H3. The zero-order chi connectivity index (χ0) is 16.9. The Hall–Kier alpha value is -3.05. The molecule has 5 nitrogen and oxygen atoms in total. The molecule has 0 spiro atoms. The molecule has 0 heterocycles. The third-order valence-electron chi connectivity index (χ3n) is 3.04. The van der Waals surface area contributed by atoms with Crippen LogP contribution in [0.25, 0.3) is 0 Å². The van der Waals surface area contributed by atoms with Crippen molar-refractivity contribution in [2.75, 3.05) is 19.7 Å². The molecule has 0 amide bonds. The number of likely N-dealkylation sites (N-methyl/N-ethyl adjacent to an activating group) is 1. The number of allylic oxidation sites excluding steroid dienone is 3. The van der Waals surface area contributed by atoms with Crippen molar-refractivity contribution in [2.45, 2.75) is 13.3 Å². The van der Waals surface area contributed by atoms with Gasteiger partial charge >= 0.3 is 5.97 Å². The molecule has 0 aliphatic heterocycles. The third-order valence-corrected chi connectivity index (χ3v) is 3.04. The highest BCUT2D eigenvalue weighted by Crippen LogP contribution is 2.01. The van der Waals surface area contributed by atoms with Gasteiger partial charge in [-0.2, -0.15) is 10.5 Å². The van der Waals surface area contributed by atoms with Crippen LogP contribution in [0.4, 0.5) is 0 Å². The Morgan fingerprint density at radius 3 is 2.57 bits per heavy atom. The highest BCUT2D eigenvalue weighted by molar-refractivity contribution is 5.72. The maximum absolute atomic E-state index is 11.7.